The minimum absolute atomic E-state index is 0.0475. The molecule has 2 N–H and O–H groups in total. The Labute approximate surface area is 74.8 Å². The maximum absolute atomic E-state index is 10.4. The summed E-state index contributed by atoms with van der Waals surface area (Å²) in [5, 5.41) is 11.2. The van der Waals surface area contributed by atoms with E-state index < -0.39 is 5.97 Å². The summed E-state index contributed by atoms with van der Waals surface area (Å²) in [6.07, 6.45) is 7.43. The molecule has 0 saturated carbocycles. The van der Waals surface area contributed by atoms with Crippen molar-refractivity contribution in [2.75, 3.05) is 11.9 Å². The quantitative estimate of drug-likeness (QED) is 0.646. The van der Waals surface area contributed by atoms with E-state index in [0.717, 1.165) is 0 Å². The zero-order chi connectivity index (χ0) is 9.68. The van der Waals surface area contributed by atoms with Crippen molar-refractivity contribution in [2.45, 2.75) is 0 Å². The van der Waals surface area contributed by atoms with E-state index in [2.05, 4.69) is 21.2 Å². The number of carbonyl (C=O) groups is 1. The smallest absolute Gasteiger partial charge is 0.338 e. The molecule has 13 heavy (non-hydrogen) atoms. The summed E-state index contributed by atoms with van der Waals surface area (Å²) in [6.45, 7) is 0.312. The number of anilines is 1. The highest BCUT2D eigenvalue weighted by atomic mass is 16.4. The van der Waals surface area contributed by atoms with Gasteiger partial charge in [-0.15, -0.1) is 6.42 Å². The van der Waals surface area contributed by atoms with Crippen molar-refractivity contribution in [1.82, 2.24) is 9.97 Å². The molecule has 66 valence electrons. The third kappa shape index (κ3) is 2.45. The summed E-state index contributed by atoms with van der Waals surface area (Å²) in [4.78, 5) is 17.9. The molecule has 0 saturated heterocycles. The highest BCUT2D eigenvalue weighted by Gasteiger charge is 2.02. The highest BCUT2D eigenvalue weighted by Crippen LogP contribution is 1.98. The minimum atomic E-state index is -1.05. The molecule has 0 aliphatic rings. The van der Waals surface area contributed by atoms with Gasteiger partial charge in [-0.25, -0.2) is 14.8 Å². The molecule has 1 aromatic rings. The number of nitrogens with zero attached hydrogens (tertiary/aromatic N) is 2. The van der Waals surface area contributed by atoms with E-state index in [4.69, 9.17) is 11.5 Å². The van der Waals surface area contributed by atoms with Gasteiger partial charge < -0.3 is 10.4 Å². The van der Waals surface area contributed by atoms with E-state index in [1.165, 1.54) is 12.4 Å². The van der Waals surface area contributed by atoms with Crippen molar-refractivity contribution >= 4 is 11.9 Å². The number of hydrogen-bond acceptors (Lipinski definition) is 4. The summed E-state index contributed by atoms with van der Waals surface area (Å²) in [5.41, 5.74) is 0.0475. The van der Waals surface area contributed by atoms with Gasteiger partial charge in [0.15, 0.2) is 0 Å². The third-order valence-corrected chi connectivity index (χ3v) is 1.25. The van der Waals surface area contributed by atoms with Gasteiger partial charge in [0, 0.05) is 12.4 Å². The molecule has 0 spiro atoms. The van der Waals surface area contributed by atoms with Crippen LogP contribution in [0.5, 0.6) is 0 Å². The summed E-state index contributed by atoms with van der Waals surface area (Å²) < 4.78 is 0. The number of terminal acetylenes is 1. The maximum Gasteiger partial charge on any atom is 0.338 e. The van der Waals surface area contributed by atoms with Crippen LogP contribution in [0.1, 0.15) is 10.4 Å². The molecule has 0 aliphatic heterocycles. The lowest BCUT2D eigenvalue weighted by molar-refractivity contribution is 0.0696. The van der Waals surface area contributed by atoms with Gasteiger partial charge in [-0.05, 0) is 0 Å². The van der Waals surface area contributed by atoms with Crippen LogP contribution in [0.2, 0.25) is 0 Å². The van der Waals surface area contributed by atoms with Crippen LogP contribution in [0.3, 0.4) is 0 Å². The number of rotatable bonds is 3. The topological polar surface area (TPSA) is 75.1 Å². The van der Waals surface area contributed by atoms with Crippen molar-refractivity contribution in [3.05, 3.63) is 18.0 Å². The monoisotopic (exact) mass is 177 g/mol. The molecule has 0 radical (unpaired) electrons. The van der Waals surface area contributed by atoms with E-state index >= 15 is 0 Å². The Hall–Kier alpha value is -2.09. The van der Waals surface area contributed by atoms with Gasteiger partial charge in [0.1, 0.15) is 0 Å². The maximum atomic E-state index is 10.4. The molecule has 1 aromatic heterocycles. The molecule has 0 unspecified atom stereocenters. The second kappa shape index (κ2) is 4.07. The first-order valence-electron chi connectivity index (χ1n) is 3.46. The molecule has 0 amide bonds. The average Bonchev–Trinajstić information content (AvgIpc) is 2.15. The molecule has 5 heteroatoms. The van der Waals surface area contributed by atoms with Crippen LogP contribution < -0.4 is 5.32 Å². The predicted octanol–water partition coefficient (Wildman–Crippen LogP) is 0.220. The van der Waals surface area contributed by atoms with Crippen LogP contribution in [-0.4, -0.2) is 27.6 Å². The number of carboxylic acid groups (broad SMARTS) is 1. The molecule has 0 bridgehead atoms. The predicted molar refractivity (Wildman–Crippen MR) is 46.3 cm³/mol. The van der Waals surface area contributed by atoms with Crippen LogP contribution in [-0.2, 0) is 0 Å². The zero-order valence-electron chi connectivity index (χ0n) is 6.69. The van der Waals surface area contributed by atoms with Crippen molar-refractivity contribution in [2.24, 2.45) is 0 Å². The van der Waals surface area contributed by atoms with E-state index in [9.17, 15) is 4.79 Å². The fraction of sp³-hybridized carbons (Fsp3) is 0.125. The zero-order valence-corrected chi connectivity index (χ0v) is 6.69. The first kappa shape index (κ1) is 9.00. The van der Waals surface area contributed by atoms with Crippen LogP contribution in [0.15, 0.2) is 12.4 Å². The van der Waals surface area contributed by atoms with Crippen LogP contribution in [0.4, 0.5) is 5.95 Å². The van der Waals surface area contributed by atoms with Crippen molar-refractivity contribution in [3.63, 3.8) is 0 Å². The molecular weight excluding hydrogens is 170 g/mol. The minimum Gasteiger partial charge on any atom is -0.478 e. The Bertz CT molecular complexity index is 339. The lowest BCUT2D eigenvalue weighted by Gasteiger charge is -1.99. The van der Waals surface area contributed by atoms with Gasteiger partial charge in [0.05, 0.1) is 12.1 Å². The van der Waals surface area contributed by atoms with Gasteiger partial charge in [-0.2, -0.15) is 0 Å². The van der Waals surface area contributed by atoms with E-state index in [1.54, 1.807) is 0 Å². The standard InChI is InChI=1S/C8H7N3O2/c1-2-3-9-8-10-4-6(5-11-8)7(12)13/h1,4-5H,3H2,(H,12,13)(H,9,10,11). The Morgan fingerprint density at radius 1 is 1.62 bits per heavy atom. The molecule has 5 nitrogen and oxygen atoms in total. The first-order valence-corrected chi connectivity index (χ1v) is 3.46. The number of aromatic carboxylic acids is 1. The van der Waals surface area contributed by atoms with Gasteiger partial charge in [0.2, 0.25) is 5.95 Å². The Morgan fingerprint density at radius 3 is 2.69 bits per heavy atom. The molecule has 1 heterocycles. The fourth-order valence-corrected chi connectivity index (χ4v) is 0.660. The number of aromatic nitrogens is 2. The molecule has 0 fully saturated rings. The fourth-order valence-electron chi connectivity index (χ4n) is 0.660. The lowest BCUT2D eigenvalue weighted by Crippen LogP contribution is -2.05. The summed E-state index contributed by atoms with van der Waals surface area (Å²) >= 11 is 0. The molecule has 0 aromatic carbocycles. The third-order valence-electron chi connectivity index (χ3n) is 1.25. The second-order valence-electron chi connectivity index (χ2n) is 2.16. The average molecular weight is 177 g/mol. The summed E-state index contributed by atoms with van der Waals surface area (Å²) in [7, 11) is 0. The number of nitrogens with one attached hydrogen (secondary N) is 1. The largest absolute Gasteiger partial charge is 0.478 e. The SMILES string of the molecule is C#CCNc1ncc(C(=O)O)cn1. The molecular formula is C8H7N3O2. The van der Waals surface area contributed by atoms with Crippen LogP contribution in [0, 0.1) is 12.3 Å². The molecule has 1 rings (SSSR count). The van der Waals surface area contributed by atoms with Gasteiger partial charge >= 0.3 is 5.97 Å². The van der Waals surface area contributed by atoms with Gasteiger partial charge in [0.25, 0.3) is 0 Å². The number of hydrogen-bond donors (Lipinski definition) is 2. The molecule has 0 atom stereocenters. The van der Waals surface area contributed by atoms with Gasteiger partial charge in [-0.3, -0.25) is 0 Å². The number of carboxylic acids is 1. The normalized spacial score (nSPS) is 8.85. The summed E-state index contributed by atoms with van der Waals surface area (Å²) in [5.74, 6) is 1.62. The van der Waals surface area contributed by atoms with Crippen molar-refractivity contribution in [1.29, 1.82) is 0 Å². The lowest BCUT2D eigenvalue weighted by atomic mass is 10.3. The van der Waals surface area contributed by atoms with Crippen LogP contribution in [0.25, 0.3) is 0 Å². The highest BCUT2D eigenvalue weighted by molar-refractivity contribution is 5.86. The second-order valence-corrected chi connectivity index (χ2v) is 2.16. The Morgan fingerprint density at radius 2 is 2.23 bits per heavy atom. The van der Waals surface area contributed by atoms with Crippen molar-refractivity contribution < 1.29 is 9.90 Å². The Balaban J connectivity index is 2.71. The molecule has 0 aliphatic carbocycles. The van der Waals surface area contributed by atoms with Crippen molar-refractivity contribution in [3.8, 4) is 12.3 Å². The summed E-state index contributed by atoms with van der Waals surface area (Å²) in [6, 6.07) is 0. The Kier molecular flexibility index (Phi) is 2.82. The van der Waals surface area contributed by atoms with E-state index in [1.807, 2.05) is 0 Å². The van der Waals surface area contributed by atoms with Gasteiger partial charge in [-0.1, -0.05) is 5.92 Å². The van der Waals surface area contributed by atoms with E-state index in [0.29, 0.717) is 12.5 Å². The van der Waals surface area contributed by atoms with E-state index in [-0.39, 0.29) is 5.56 Å². The van der Waals surface area contributed by atoms with Crippen LogP contribution >= 0.6 is 0 Å². The first-order chi connectivity index (χ1) is 6.24.